The summed E-state index contributed by atoms with van der Waals surface area (Å²) in [4.78, 5) is 2.70. The fourth-order valence-corrected chi connectivity index (χ4v) is 3.57. The van der Waals surface area contributed by atoms with Crippen molar-refractivity contribution in [2.24, 2.45) is 7.05 Å². The van der Waals surface area contributed by atoms with Crippen LogP contribution in [0.2, 0.25) is 0 Å². The largest absolute Gasteiger partial charge is 0.394 e. The molecular formula is C15H24N4S. The number of nitrogens with two attached hydrogens (primary N) is 1. The van der Waals surface area contributed by atoms with Crippen LogP contribution in [0.4, 0.5) is 11.5 Å². The van der Waals surface area contributed by atoms with Gasteiger partial charge in [0, 0.05) is 16.8 Å². The Morgan fingerprint density at radius 1 is 1.45 bits per heavy atom. The van der Waals surface area contributed by atoms with Crippen LogP contribution in [0.5, 0.6) is 0 Å². The van der Waals surface area contributed by atoms with E-state index in [1.54, 1.807) is 0 Å². The number of hydrogen-bond acceptors (Lipinski definition) is 4. The van der Waals surface area contributed by atoms with E-state index in [-0.39, 0.29) is 6.04 Å². The zero-order valence-corrected chi connectivity index (χ0v) is 13.8. The van der Waals surface area contributed by atoms with E-state index in [9.17, 15) is 0 Å². The molecule has 0 saturated heterocycles. The predicted molar refractivity (Wildman–Crippen MR) is 87.4 cm³/mol. The molecule has 0 amide bonds. The Morgan fingerprint density at radius 3 is 2.70 bits per heavy atom. The van der Waals surface area contributed by atoms with Crippen LogP contribution in [-0.4, -0.2) is 9.78 Å². The van der Waals surface area contributed by atoms with Crippen LogP contribution >= 0.6 is 11.3 Å². The summed E-state index contributed by atoms with van der Waals surface area (Å²) >= 11 is 1.84. The number of rotatable bonds is 5. The molecule has 0 aliphatic rings. The Bertz CT molecular complexity index is 597. The standard InChI is InChI=1S/C15H24N4S/c1-6-7-13-14(16)15(19(5)18-13)17-10(3)12-8-9(2)20-11(12)4/h8,10,17H,6-7,16H2,1-5H3. The summed E-state index contributed by atoms with van der Waals surface area (Å²) in [5.74, 6) is 0.921. The molecule has 0 aliphatic carbocycles. The molecule has 0 radical (unpaired) electrons. The van der Waals surface area contributed by atoms with Gasteiger partial charge in [-0.25, -0.2) is 0 Å². The van der Waals surface area contributed by atoms with E-state index in [1.807, 2.05) is 23.1 Å². The number of nitrogens with one attached hydrogen (secondary N) is 1. The van der Waals surface area contributed by atoms with Crippen LogP contribution in [0.15, 0.2) is 6.07 Å². The molecule has 110 valence electrons. The lowest BCUT2D eigenvalue weighted by molar-refractivity contribution is 0.725. The number of thiophene rings is 1. The van der Waals surface area contributed by atoms with Crippen molar-refractivity contribution in [3.63, 3.8) is 0 Å². The minimum atomic E-state index is 0.229. The van der Waals surface area contributed by atoms with Gasteiger partial charge < -0.3 is 11.1 Å². The highest BCUT2D eigenvalue weighted by molar-refractivity contribution is 7.12. The van der Waals surface area contributed by atoms with Gasteiger partial charge in [0.2, 0.25) is 0 Å². The van der Waals surface area contributed by atoms with Crippen molar-refractivity contribution in [3.8, 4) is 0 Å². The van der Waals surface area contributed by atoms with Crippen molar-refractivity contribution in [1.82, 2.24) is 9.78 Å². The molecular weight excluding hydrogens is 268 g/mol. The first kappa shape index (κ1) is 14.9. The second kappa shape index (κ2) is 5.87. The minimum absolute atomic E-state index is 0.229. The quantitative estimate of drug-likeness (QED) is 0.881. The Labute approximate surface area is 125 Å². The lowest BCUT2D eigenvalue weighted by atomic mass is 10.1. The van der Waals surface area contributed by atoms with Crippen LogP contribution in [0.1, 0.15) is 47.3 Å². The summed E-state index contributed by atoms with van der Waals surface area (Å²) < 4.78 is 1.85. The SMILES string of the molecule is CCCc1nn(C)c(NC(C)c2cc(C)sc2C)c1N. The first-order valence-electron chi connectivity index (χ1n) is 7.08. The van der Waals surface area contributed by atoms with Crippen molar-refractivity contribution in [1.29, 1.82) is 0 Å². The fraction of sp³-hybridized carbons (Fsp3) is 0.533. The van der Waals surface area contributed by atoms with Gasteiger partial charge in [-0.05, 0) is 38.8 Å². The van der Waals surface area contributed by atoms with E-state index < -0.39 is 0 Å². The predicted octanol–water partition coefficient (Wildman–Crippen LogP) is 3.81. The molecule has 0 saturated carbocycles. The molecule has 1 unspecified atom stereocenters. The van der Waals surface area contributed by atoms with Crippen LogP contribution in [0, 0.1) is 13.8 Å². The second-order valence-corrected chi connectivity index (χ2v) is 6.78. The molecule has 2 aromatic heterocycles. The van der Waals surface area contributed by atoms with Crippen molar-refractivity contribution in [2.75, 3.05) is 11.1 Å². The van der Waals surface area contributed by atoms with E-state index >= 15 is 0 Å². The summed E-state index contributed by atoms with van der Waals surface area (Å²) in [5.41, 5.74) is 9.33. The number of aryl methyl sites for hydroxylation is 4. The molecule has 0 aromatic carbocycles. The van der Waals surface area contributed by atoms with E-state index in [4.69, 9.17) is 5.73 Å². The van der Waals surface area contributed by atoms with E-state index in [0.717, 1.165) is 30.0 Å². The molecule has 0 bridgehead atoms. The average molecular weight is 292 g/mol. The lowest BCUT2D eigenvalue weighted by Crippen LogP contribution is -2.11. The Kier molecular flexibility index (Phi) is 4.38. The van der Waals surface area contributed by atoms with Crippen molar-refractivity contribution >= 4 is 22.8 Å². The third-order valence-electron chi connectivity index (χ3n) is 3.55. The summed E-state index contributed by atoms with van der Waals surface area (Å²) in [6.07, 6.45) is 1.98. The van der Waals surface area contributed by atoms with Crippen molar-refractivity contribution < 1.29 is 0 Å². The van der Waals surface area contributed by atoms with Gasteiger partial charge in [-0.3, -0.25) is 4.68 Å². The maximum Gasteiger partial charge on any atom is 0.148 e. The highest BCUT2D eigenvalue weighted by atomic mass is 32.1. The van der Waals surface area contributed by atoms with E-state index in [2.05, 4.69) is 44.2 Å². The van der Waals surface area contributed by atoms with Crippen molar-refractivity contribution in [3.05, 3.63) is 27.1 Å². The molecule has 3 N–H and O–H groups in total. The van der Waals surface area contributed by atoms with Gasteiger partial charge in [0.15, 0.2) is 0 Å². The molecule has 2 rings (SSSR count). The Morgan fingerprint density at radius 2 is 2.15 bits per heavy atom. The summed E-state index contributed by atoms with van der Waals surface area (Å²) in [5, 5.41) is 8.02. The molecule has 2 heterocycles. The zero-order chi connectivity index (χ0) is 14.9. The molecule has 0 spiro atoms. The summed E-state index contributed by atoms with van der Waals surface area (Å²) in [6.45, 7) is 8.62. The van der Waals surface area contributed by atoms with Gasteiger partial charge in [0.1, 0.15) is 5.82 Å². The van der Waals surface area contributed by atoms with Gasteiger partial charge in [-0.2, -0.15) is 5.10 Å². The maximum atomic E-state index is 6.22. The second-order valence-electron chi connectivity index (χ2n) is 5.32. The Hall–Kier alpha value is -1.49. The van der Waals surface area contributed by atoms with Gasteiger partial charge >= 0.3 is 0 Å². The maximum absolute atomic E-state index is 6.22. The summed E-state index contributed by atoms with van der Waals surface area (Å²) in [7, 11) is 1.94. The van der Waals surface area contributed by atoms with Gasteiger partial charge in [0.25, 0.3) is 0 Å². The first-order valence-corrected chi connectivity index (χ1v) is 7.90. The smallest absolute Gasteiger partial charge is 0.148 e. The van der Waals surface area contributed by atoms with Gasteiger partial charge in [-0.1, -0.05) is 13.3 Å². The highest BCUT2D eigenvalue weighted by Crippen LogP contribution is 2.31. The third-order valence-corrected chi connectivity index (χ3v) is 4.53. The first-order chi connectivity index (χ1) is 9.43. The van der Waals surface area contributed by atoms with E-state index in [1.165, 1.54) is 15.3 Å². The van der Waals surface area contributed by atoms with Crippen LogP contribution in [0.3, 0.4) is 0 Å². The topological polar surface area (TPSA) is 55.9 Å². The minimum Gasteiger partial charge on any atom is -0.394 e. The van der Waals surface area contributed by atoms with Crippen molar-refractivity contribution in [2.45, 2.75) is 46.6 Å². The number of nitrogen functional groups attached to an aromatic ring is 1. The number of aromatic nitrogens is 2. The molecule has 20 heavy (non-hydrogen) atoms. The van der Waals surface area contributed by atoms with Crippen LogP contribution < -0.4 is 11.1 Å². The highest BCUT2D eigenvalue weighted by Gasteiger charge is 2.17. The summed E-state index contributed by atoms with van der Waals surface area (Å²) in [6, 6.07) is 2.48. The lowest BCUT2D eigenvalue weighted by Gasteiger charge is -2.16. The van der Waals surface area contributed by atoms with Gasteiger partial charge in [0.05, 0.1) is 17.4 Å². The molecule has 0 aliphatic heterocycles. The van der Waals surface area contributed by atoms with Gasteiger partial charge in [-0.15, -0.1) is 11.3 Å². The number of anilines is 2. The molecule has 4 nitrogen and oxygen atoms in total. The molecule has 5 heteroatoms. The number of hydrogen-bond donors (Lipinski definition) is 2. The average Bonchev–Trinajstić information content (AvgIpc) is 2.84. The monoisotopic (exact) mass is 292 g/mol. The number of nitrogens with zero attached hydrogens (tertiary/aromatic N) is 2. The fourth-order valence-electron chi connectivity index (χ4n) is 2.55. The van der Waals surface area contributed by atoms with Crippen LogP contribution in [0.25, 0.3) is 0 Å². The Balaban J connectivity index is 2.23. The third kappa shape index (κ3) is 2.82. The molecule has 1 atom stereocenters. The molecule has 2 aromatic rings. The van der Waals surface area contributed by atoms with E-state index in [0.29, 0.717) is 0 Å². The zero-order valence-electron chi connectivity index (χ0n) is 12.9. The molecule has 0 fully saturated rings. The normalized spacial score (nSPS) is 12.7. The van der Waals surface area contributed by atoms with Crippen LogP contribution in [-0.2, 0) is 13.5 Å².